The number of rotatable bonds is 7. The summed E-state index contributed by atoms with van der Waals surface area (Å²) in [4.78, 5) is 3.89. The third-order valence-corrected chi connectivity index (χ3v) is 4.47. The van der Waals surface area contributed by atoms with E-state index >= 15 is 0 Å². The summed E-state index contributed by atoms with van der Waals surface area (Å²) in [6.45, 7) is 3.02. The van der Waals surface area contributed by atoms with Crippen molar-refractivity contribution < 1.29 is 8.42 Å². The highest BCUT2D eigenvalue weighted by Gasteiger charge is 2.19. The van der Waals surface area contributed by atoms with Gasteiger partial charge in [-0.15, -0.1) is 0 Å². The summed E-state index contributed by atoms with van der Waals surface area (Å²) >= 11 is 0. The monoisotopic (exact) mass is 257 g/mol. The zero-order valence-electron chi connectivity index (χ0n) is 10.0. The van der Waals surface area contributed by atoms with E-state index in [1.54, 1.807) is 12.4 Å². The van der Waals surface area contributed by atoms with Gasteiger partial charge in [-0.1, -0.05) is 6.92 Å². The molecule has 1 aromatic rings. The highest BCUT2D eigenvalue weighted by molar-refractivity contribution is 7.89. The summed E-state index contributed by atoms with van der Waals surface area (Å²) in [7, 11) is -3.20. The Morgan fingerprint density at radius 1 is 1.35 bits per heavy atom. The van der Waals surface area contributed by atoms with Crippen molar-refractivity contribution in [2.24, 2.45) is 5.73 Å². The SMILES string of the molecule is CCN(CCN)S(=O)(=O)CCc1ccncc1. The molecular weight excluding hydrogens is 238 g/mol. The standard InChI is InChI=1S/C11H19N3O2S/c1-2-14(9-6-12)17(15,16)10-5-11-3-7-13-8-4-11/h3-4,7-8H,2,5-6,9-10,12H2,1H3. The van der Waals surface area contributed by atoms with Crippen LogP contribution >= 0.6 is 0 Å². The van der Waals surface area contributed by atoms with Gasteiger partial charge >= 0.3 is 0 Å². The summed E-state index contributed by atoms with van der Waals surface area (Å²) in [6.07, 6.45) is 3.84. The van der Waals surface area contributed by atoms with Crippen molar-refractivity contribution in [2.75, 3.05) is 25.4 Å². The van der Waals surface area contributed by atoms with E-state index in [1.165, 1.54) is 4.31 Å². The zero-order chi connectivity index (χ0) is 12.7. The van der Waals surface area contributed by atoms with Crippen LogP contribution in [0.5, 0.6) is 0 Å². The Bertz CT molecular complexity index is 420. The van der Waals surface area contributed by atoms with Crippen molar-refractivity contribution in [1.29, 1.82) is 0 Å². The van der Waals surface area contributed by atoms with Crippen molar-refractivity contribution in [2.45, 2.75) is 13.3 Å². The van der Waals surface area contributed by atoms with Gasteiger partial charge < -0.3 is 5.73 Å². The number of nitrogens with zero attached hydrogens (tertiary/aromatic N) is 2. The maximum atomic E-state index is 12.0. The van der Waals surface area contributed by atoms with Gasteiger partial charge in [-0.25, -0.2) is 12.7 Å². The molecule has 96 valence electrons. The van der Waals surface area contributed by atoms with Gasteiger partial charge in [0.1, 0.15) is 0 Å². The minimum atomic E-state index is -3.20. The molecule has 0 aliphatic carbocycles. The smallest absolute Gasteiger partial charge is 0.214 e. The Morgan fingerprint density at radius 3 is 2.53 bits per heavy atom. The molecule has 6 heteroatoms. The van der Waals surface area contributed by atoms with Gasteiger partial charge in [0.05, 0.1) is 5.75 Å². The van der Waals surface area contributed by atoms with Crippen LogP contribution in [0.3, 0.4) is 0 Å². The highest BCUT2D eigenvalue weighted by atomic mass is 32.2. The molecule has 0 unspecified atom stereocenters. The Balaban J connectivity index is 2.60. The van der Waals surface area contributed by atoms with Crippen LogP contribution in [0.1, 0.15) is 12.5 Å². The van der Waals surface area contributed by atoms with Gasteiger partial charge in [-0.05, 0) is 24.1 Å². The Kier molecular flexibility index (Phi) is 5.54. The molecular formula is C11H19N3O2S. The lowest BCUT2D eigenvalue weighted by Gasteiger charge is -2.19. The van der Waals surface area contributed by atoms with Gasteiger partial charge in [-0.2, -0.15) is 0 Å². The van der Waals surface area contributed by atoms with E-state index in [9.17, 15) is 8.42 Å². The van der Waals surface area contributed by atoms with Gasteiger partial charge in [0.2, 0.25) is 10.0 Å². The molecule has 0 atom stereocenters. The van der Waals surface area contributed by atoms with E-state index in [0.29, 0.717) is 26.1 Å². The lowest BCUT2D eigenvalue weighted by molar-refractivity contribution is 0.435. The van der Waals surface area contributed by atoms with Crippen LogP contribution in [0.15, 0.2) is 24.5 Å². The number of pyridine rings is 1. The van der Waals surface area contributed by atoms with E-state index in [1.807, 2.05) is 19.1 Å². The molecule has 17 heavy (non-hydrogen) atoms. The fourth-order valence-corrected chi connectivity index (χ4v) is 3.09. The minimum Gasteiger partial charge on any atom is -0.329 e. The molecule has 1 heterocycles. The number of likely N-dealkylation sites (N-methyl/N-ethyl adjacent to an activating group) is 1. The minimum absolute atomic E-state index is 0.116. The topological polar surface area (TPSA) is 76.3 Å². The van der Waals surface area contributed by atoms with Crippen LogP contribution in [0.25, 0.3) is 0 Å². The Morgan fingerprint density at radius 2 is 2.00 bits per heavy atom. The van der Waals surface area contributed by atoms with Crippen LogP contribution in [0, 0.1) is 0 Å². The van der Waals surface area contributed by atoms with Crippen molar-refractivity contribution in [3.05, 3.63) is 30.1 Å². The molecule has 0 spiro atoms. The first-order chi connectivity index (χ1) is 8.10. The average Bonchev–Trinajstić information content (AvgIpc) is 2.34. The van der Waals surface area contributed by atoms with Crippen molar-refractivity contribution in [3.63, 3.8) is 0 Å². The van der Waals surface area contributed by atoms with Crippen LogP contribution < -0.4 is 5.73 Å². The lowest BCUT2D eigenvalue weighted by Crippen LogP contribution is -2.37. The summed E-state index contributed by atoms with van der Waals surface area (Å²) < 4.78 is 25.4. The number of hydrogen-bond donors (Lipinski definition) is 1. The zero-order valence-corrected chi connectivity index (χ0v) is 10.9. The molecule has 0 radical (unpaired) electrons. The highest BCUT2D eigenvalue weighted by Crippen LogP contribution is 2.05. The van der Waals surface area contributed by atoms with E-state index in [2.05, 4.69) is 4.98 Å². The fraction of sp³-hybridized carbons (Fsp3) is 0.545. The van der Waals surface area contributed by atoms with Crippen LogP contribution in [0.2, 0.25) is 0 Å². The predicted molar refractivity (Wildman–Crippen MR) is 68.0 cm³/mol. The van der Waals surface area contributed by atoms with Gasteiger partial charge in [-0.3, -0.25) is 4.98 Å². The van der Waals surface area contributed by atoms with Gasteiger partial charge in [0, 0.05) is 32.0 Å². The van der Waals surface area contributed by atoms with Crippen molar-refractivity contribution in [3.8, 4) is 0 Å². The summed E-state index contributed by atoms with van der Waals surface area (Å²) in [5.41, 5.74) is 6.37. The van der Waals surface area contributed by atoms with E-state index in [-0.39, 0.29) is 5.75 Å². The predicted octanol–water partition coefficient (Wildman–Crippen LogP) is 0.235. The molecule has 0 bridgehead atoms. The average molecular weight is 257 g/mol. The molecule has 0 aliphatic heterocycles. The molecule has 0 saturated heterocycles. The fourth-order valence-electron chi connectivity index (χ4n) is 1.56. The molecule has 5 nitrogen and oxygen atoms in total. The van der Waals surface area contributed by atoms with Crippen molar-refractivity contribution in [1.82, 2.24) is 9.29 Å². The molecule has 0 aromatic carbocycles. The Labute approximate surface area is 103 Å². The Hall–Kier alpha value is -0.980. The normalized spacial score (nSPS) is 11.9. The summed E-state index contributed by atoms with van der Waals surface area (Å²) in [5, 5.41) is 0. The molecule has 0 aliphatic rings. The number of aromatic nitrogens is 1. The van der Waals surface area contributed by atoms with E-state index < -0.39 is 10.0 Å². The number of sulfonamides is 1. The molecule has 1 aromatic heterocycles. The van der Waals surface area contributed by atoms with Crippen molar-refractivity contribution >= 4 is 10.0 Å². The van der Waals surface area contributed by atoms with Crippen LogP contribution in [-0.2, 0) is 16.4 Å². The van der Waals surface area contributed by atoms with Crippen LogP contribution in [0.4, 0.5) is 0 Å². The number of aryl methyl sites for hydroxylation is 1. The second-order valence-electron chi connectivity index (χ2n) is 3.70. The maximum Gasteiger partial charge on any atom is 0.214 e. The first kappa shape index (κ1) is 14.1. The quantitative estimate of drug-likeness (QED) is 0.759. The second-order valence-corrected chi connectivity index (χ2v) is 5.79. The first-order valence-electron chi connectivity index (χ1n) is 5.67. The van der Waals surface area contributed by atoms with Gasteiger partial charge in [0.15, 0.2) is 0 Å². The van der Waals surface area contributed by atoms with Gasteiger partial charge in [0.25, 0.3) is 0 Å². The third kappa shape index (κ3) is 4.41. The largest absolute Gasteiger partial charge is 0.329 e. The molecule has 0 fully saturated rings. The second kappa shape index (κ2) is 6.68. The molecule has 0 saturated carbocycles. The molecule has 0 amide bonds. The number of hydrogen-bond acceptors (Lipinski definition) is 4. The van der Waals surface area contributed by atoms with Crippen LogP contribution in [-0.4, -0.2) is 43.1 Å². The summed E-state index contributed by atoms with van der Waals surface area (Å²) in [5.74, 6) is 0.116. The molecule has 2 N–H and O–H groups in total. The lowest BCUT2D eigenvalue weighted by atomic mass is 10.2. The van der Waals surface area contributed by atoms with E-state index in [4.69, 9.17) is 5.73 Å². The molecule has 1 rings (SSSR count). The first-order valence-corrected chi connectivity index (χ1v) is 7.28. The maximum absolute atomic E-state index is 12.0. The van der Waals surface area contributed by atoms with E-state index in [0.717, 1.165) is 5.56 Å². The number of nitrogens with two attached hydrogens (primary N) is 1. The summed E-state index contributed by atoms with van der Waals surface area (Å²) in [6, 6.07) is 3.66. The third-order valence-electron chi connectivity index (χ3n) is 2.52.